The second-order valence-electron chi connectivity index (χ2n) is 5.92. The van der Waals surface area contributed by atoms with Crippen molar-refractivity contribution in [2.75, 3.05) is 20.1 Å². The van der Waals surface area contributed by atoms with Crippen molar-refractivity contribution < 1.29 is 4.52 Å². The molecule has 0 spiro atoms. The Bertz CT molecular complexity index is 451. The lowest BCUT2D eigenvalue weighted by Crippen LogP contribution is -2.45. The summed E-state index contributed by atoms with van der Waals surface area (Å²) in [5, 5.41) is 10.6. The fourth-order valence-corrected chi connectivity index (χ4v) is 2.41. The van der Waals surface area contributed by atoms with Crippen LogP contribution in [0.2, 0.25) is 0 Å². The van der Waals surface area contributed by atoms with Crippen molar-refractivity contribution in [2.45, 2.75) is 59.7 Å². The van der Waals surface area contributed by atoms with Crippen molar-refractivity contribution in [3.63, 3.8) is 0 Å². The number of hydrogen-bond acceptors (Lipinski definition) is 4. The number of halogens is 1. The maximum atomic E-state index is 5.25. The van der Waals surface area contributed by atoms with Crippen LogP contribution in [0, 0.1) is 0 Å². The smallest absolute Gasteiger partial charge is 0.191 e. The summed E-state index contributed by atoms with van der Waals surface area (Å²) in [4.78, 5) is 6.68. The summed E-state index contributed by atoms with van der Waals surface area (Å²) >= 11 is 0. The zero-order valence-corrected chi connectivity index (χ0v) is 17.5. The molecule has 0 saturated heterocycles. The number of hydrogen-bond donors (Lipinski definition) is 2. The summed E-state index contributed by atoms with van der Waals surface area (Å²) in [6, 6.07) is 3.05. The van der Waals surface area contributed by atoms with Crippen molar-refractivity contribution in [3.05, 3.63) is 17.5 Å². The Kier molecular flexibility index (Phi) is 11.2. The van der Waals surface area contributed by atoms with Crippen molar-refractivity contribution in [3.8, 4) is 0 Å². The molecule has 0 bridgehead atoms. The average Bonchev–Trinajstić information content (AvgIpc) is 2.93. The van der Waals surface area contributed by atoms with Gasteiger partial charge in [0.05, 0.1) is 12.2 Å². The number of aryl methyl sites for hydroxylation is 1. The molecule has 2 N–H and O–H groups in total. The first-order valence-corrected chi connectivity index (χ1v) is 8.12. The monoisotopic (exact) mass is 437 g/mol. The Labute approximate surface area is 157 Å². The molecule has 1 rings (SSSR count). The van der Waals surface area contributed by atoms with E-state index in [0.29, 0.717) is 18.6 Å². The Morgan fingerprint density at radius 2 is 1.91 bits per heavy atom. The Balaban J connectivity index is 0.00000484. The fourth-order valence-electron chi connectivity index (χ4n) is 2.41. The Hall–Kier alpha value is -0.830. The maximum absolute atomic E-state index is 5.25. The van der Waals surface area contributed by atoms with E-state index in [-0.39, 0.29) is 24.0 Å². The molecule has 0 aromatic carbocycles. The number of aromatic nitrogens is 1. The summed E-state index contributed by atoms with van der Waals surface area (Å²) in [5.41, 5.74) is 0.976. The molecule has 1 heterocycles. The summed E-state index contributed by atoms with van der Waals surface area (Å²) in [7, 11) is 1.77. The molecule has 23 heavy (non-hydrogen) atoms. The minimum atomic E-state index is 0. The van der Waals surface area contributed by atoms with Crippen LogP contribution in [0.4, 0.5) is 0 Å². The van der Waals surface area contributed by atoms with E-state index in [1.54, 1.807) is 7.05 Å². The molecule has 0 aliphatic carbocycles. The van der Waals surface area contributed by atoms with Gasteiger partial charge in [-0.3, -0.25) is 9.89 Å². The van der Waals surface area contributed by atoms with E-state index in [4.69, 9.17) is 4.52 Å². The zero-order chi connectivity index (χ0) is 16.5. The molecule has 0 aliphatic rings. The highest BCUT2D eigenvalue weighted by Gasteiger charge is 2.12. The molecular weight excluding hydrogens is 405 g/mol. The van der Waals surface area contributed by atoms with E-state index in [1.807, 2.05) is 6.07 Å². The minimum Gasteiger partial charge on any atom is -0.359 e. The third-order valence-corrected chi connectivity index (χ3v) is 3.61. The SMILES string of the molecule is CCc1cc(CNC(=NC)NCCN(C(C)C)C(C)C)on1.I. The summed E-state index contributed by atoms with van der Waals surface area (Å²) in [6.45, 7) is 13.4. The highest BCUT2D eigenvalue weighted by molar-refractivity contribution is 14.0. The van der Waals surface area contributed by atoms with Crippen molar-refractivity contribution in [2.24, 2.45) is 4.99 Å². The standard InChI is InChI=1S/C16H31N5O.HI/c1-7-14-10-15(22-20-14)11-19-16(17-6)18-8-9-21(12(2)3)13(4)5;/h10,12-13H,7-9,11H2,1-6H3,(H2,17,18,19);1H. The predicted octanol–water partition coefficient (Wildman–Crippen LogP) is 2.64. The van der Waals surface area contributed by atoms with Gasteiger partial charge in [0.25, 0.3) is 0 Å². The van der Waals surface area contributed by atoms with Crippen LogP contribution in [-0.2, 0) is 13.0 Å². The minimum absolute atomic E-state index is 0. The van der Waals surface area contributed by atoms with Crippen LogP contribution in [0.15, 0.2) is 15.6 Å². The van der Waals surface area contributed by atoms with Crippen LogP contribution in [0.25, 0.3) is 0 Å². The van der Waals surface area contributed by atoms with Gasteiger partial charge in [-0.15, -0.1) is 24.0 Å². The lowest BCUT2D eigenvalue weighted by atomic mass is 10.2. The highest BCUT2D eigenvalue weighted by atomic mass is 127. The molecule has 6 nitrogen and oxygen atoms in total. The van der Waals surface area contributed by atoms with Gasteiger partial charge >= 0.3 is 0 Å². The average molecular weight is 437 g/mol. The van der Waals surface area contributed by atoms with Gasteiger partial charge < -0.3 is 15.2 Å². The van der Waals surface area contributed by atoms with Crippen LogP contribution in [-0.4, -0.2) is 48.2 Å². The fraction of sp³-hybridized carbons (Fsp3) is 0.750. The molecule has 1 aromatic heterocycles. The van der Waals surface area contributed by atoms with E-state index in [0.717, 1.165) is 36.9 Å². The lowest BCUT2D eigenvalue weighted by molar-refractivity contribution is 0.178. The van der Waals surface area contributed by atoms with Gasteiger partial charge in [0, 0.05) is 38.3 Å². The Morgan fingerprint density at radius 3 is 2.39 bits per heavy atom. The number of rotatable bonds is 8. The second kappa shape index (κ2) is 11.7. The van der Waals surface area contributed by atoms with Crippen LogP contribution >= 0.6 is 24.0 Å². The summed E-state index contributed by atoms with van der Waals surface area (Å²) in [5.74, 6) is 1.60. The third kappa shape index (κ3) is 8.01. The molecule has 1 aromatic rings. The maximum Gasteiger partial charge on any atom is 0.191 e. The van der Waals surface area contributed by atoms with E-state index in [9.17, 15) is 0 Å². The molecular formula is C16H32IN5O. The first-order chi connectivity index (χ1) is 10.5. The summed E-state index contributed by atoms with van der Waals surface area (Å²) < 4.78 is 5.25. The molecule has 0 radical (unpaired) electrons. The van der Waals surface area contributed by atoms with E-state index >= 15 is 0 Å². The topological polar surface area (TPSA) is 65.7 Å². The van der Waals surface area contributed by atoms with Crippen LogP contribution in [0.5, 0.6) is 0 Å². The number of aliphatic imine (C=N–C) groups is 1. The van der Waals surface area contributed by atoms with E-state index in [1.165, 1.54) is 0 Å². The lowest BCUT2D eigenvalue weighted by Gasteiger charge is -2.30. The van der Waals surface area contributed by atoms with Gasteiger partial charge in [-0.25, -0.2) is 0 Å². The molecule has 0 saturated carbocycles. The molecule has 0 fully saturated rings. The van der Waals surface area contributed by atoms with Gasteiger partial charge in [-0.1, -0.05) is 12.1 Å². The van der Waals surface area contributed by atoms with Gasteiger partial charge in [-0.2, -0.15) is 0 Å². The van der Waals surface area contributed by atoms with Crippen LogP contribution in [0.1, 0.15) is 46.1 Å². The molecule has 0 amide bonds. The van der Waals surface area contributed by atoms with Crippen molar-refractivity contribution in [1.82, 2.24) is 20.7 Å². The molecule has 0 atom stereocenters. The third-order valence-electron chi connectivity index (χ3n) is 3.61. The number of nitrogens with zero attached hydrogens (tertiary/aromatic N) is 3. The molecule has 134 valence electrons. The largest absolute Gasteiger partial charge is 0.359 e. The zero-order valence-electron chi connectivity index (χ0n) is 15.2. The Morgan fingerprint density at radius 1 is 1.26 bits per heavy atom. The summed E-state index contributed by atoms with van der Waals surface area (Å²) in [6.07, 6.45) is 0.886. The number of nitrogens with one attached hydrogen (secondary N) is 2. The molecule has 7 heteroatoms. The van der Waals surface area contributed by atoms with E-state index < -0.39 is 0 Å². The normalized spacial score (nSPS) is 12.0. The van der Waals surface area contributed by atoms with E-state index in [2.05, 4.69) is 60.3 Å². The first-order valence-electron chi connectivity index (χ1n) is 8.12. The van der Waals surface area contributed by atoms with Crippen molar-refractivity contribution >= 4 is 29.9 Å². The quantitative estimate of drug-likeness (QED) is 0.372. The number of guanidine groups is 1. The second-order valence-corrected chi connectivity index (χ2v) is 5.92. The predicted molar refractivity (Wildman–Crippen MR) is 106 cm³/mol. The van der Waals surface area contributed by atoms with Gasteiger partial charge in [0.1, 0.15) is 0 Å². The van der Waals surface area contributed by atoms with Gasteiger partial charge in [0.2, 0.25) is 0 Å². The first kappa shape index (κ1) is 22.2. The van der Waals surface area contributed by atoms with Gasteiger partial charge in [-0.05, 0) is 34.1 Å². The van der Waals surface area contributed by atoms with Crippen LogP contribution in [0.3, 0.4) is 0 Å². The molecule has 0 unspecified atom stereocenters. The molecule has 0 aliphatic heterocycles. The van der Waals surface area contributed by atoms with Crippen molar-refractivity contribution in [1.29, 1.82) is 0 Å². The highest BCUT2D eigenvalue weighted by Crippen LogP contribution is 2.04. The van der Waals surface area contributed by atoms with Gasteiger partial charge in [0.15, 0.2) is 11.7 Å². The van der Waals surface area contributed by atoms with Crippen LogP contribution < -0.4 is 10.6 Å².